The molecular weight excluding hydrogens is 198 g/mol. The standard InChI is InChI=1S/C13H21N3/c1-3-16-9-6-12(7-10-16)15-13-11(2)5-4-8-14-13/h4-5,8,12H,3,6-7,9-10H2,1-2H3,(H,14,15). The molecule has 1 aliphatic rings. The van der Waals surface area contributed by atoms with Crippen LogP contribution in [-0.4, -0.2) is 35.6 Å². The van der Waals surface area contributed by atoms with Crippen LogP contribution in [0.4, 0.5) is 5.82 Å². The van der Waals surface area contributed by atoms with Crippen molar-refractivity contribution in [3.05, 3.63) is 23.9 Å². The molecule has 1 fully saturated rings. The second kappa shape index (κ2) is 5.30. The summed E-state index contributed by atoms with van der Waals surface area (Å²) < 4.78 is 0. The molecule has 3 heteroatoms. The fraction of sp³-hybridized carbons (Fsp3) is 0.615. The molecule has 3 nitrogen and oxygen atoms in total. The quantitative estimate of drug-likeness (QED) is 0.845. The minimum atomic E-state index is 0.594. The molecule has 0 unspecified atom stereocenters. The van der Waals surface area contributed by atoms with Crippen LogP contribution in [-0.2, 0) is 0 Å². The first-order valence-corrected chi connectivity index (χ1v) is 6.20. The Morgan fingerprint density at radius 1 is 1.44 bits per heavy atom. The molecule has 0 amide bonds. The lowest BCUT2D eigenvalue weighted by molar-refractivity contribution is 0.229. The monoisotopic (exact) mass is 219 g/mol. The third-order valence-electron chi connectivity index (χ3n) is 3.39. The maximum Gasteiger partial charge on any atom is 0.129 e. The van der Waals surface area contributed by atoms with E-state index in [1.807, 2.05) is 12.3 Å². The number of piperidine rings is 1. The number of anilines is 1. The average molecular weight is 219 g/mol. The van der Waals surface area contributed by atoms with E-state index in [9.17, 15) is 0 Å². The second-order valence-electron chi connectivity index (χ2n) is 4.52. The van der Waals surface area contributed by atoms with Gasteiger partial charge in [0.25, 0.3) is 0 Å². The van der Waals surface area contributed by atoms with Gasteiger partial charge in [0.05, 0.1) is 0 Å². The predicted molar refractivity (Wildman–Crippen MR) is 67.7 cm³/mol. The highest BCUT2D eigenvalue weighted by molar-refractivity contribution is 5.43. The third kappa shape index (κ3) is 2.73. The van der Waals surface area contributed by atoms with Crippen molar-refractivity contribution in [2.75, 3.05) is 25.0 Å². The van der Waals surface area contributed by atoms with Crippen LogP contribution < -0.4 is 5.32 Å². The zero-order valence-electron chi connectivity index (χ0n) is 10.2. The van der Waals surface area contributed by atoms with E-state index in [1.165, 1.54) is 38.0 Å². The normalized spacial score (nSPS) is 18.6. The van der Waals surface area contributed by atoms with Crippen molar-refractivity contribution >= 4 is 5.82 Å². The van der Waals surface area contributed by atoms with E-state index in [2.05, 4.69) is 35.1 Å². The van der Waals surface area contributed by atoms with Crippen LogP contribution in [0.5, 0.6) is 0 Å². The van der Waals surface area contributed by atoms with Gasteiger partial charge in [-0.15, -0.1) is 0 Å². The third-order valence-corrected chi connectivity index (χ3v) is 3.39. The molecule has 1 aromatic heterocycles. The number of aromatic nitrogens is 1. The summed E-state index contributed by atoms with van der Waals surface area (Å²) in [6, 6.07) is 4.69. The Hall–Kier alpha value is -1.09. The summed E-state index contributed by atoms with van der Waals surface area (Å²) in [5, 5.41) is 3.56. The molecule has 1 aliphatic heterocycles. The summed E-state index contributed by atoms with van der Waals surface area (Å²) in [6.45, 7) is 7.93. The number of hydrogen-bond acceptors (Lipinski definition) is 3. The minimum absolute atomic E-state index is 0.594. The van der Waals surface area contributed by atoms with Crippen molar-refractivity contribution < 1.29 is 0 Å². The van der Waals surface area contributed by atoms with E-state index in [4.69, 9.17) is 0 Å². The summed E-state index contributed by atoms with van der Waals surface area (Å²) in [5.41, 5.74) is 1.24. The Labute approximate surface area is 97.9 Å². The fourth-order valence-electron chi connectivity index (χ4n) is 2.22. The van der Waals surface area contributed by atoms with E-state index in [-0.39, 0.29) is 0 Å². The van der Waals surface area contributed by atoms with Crippen LogP contribution in [0.15, 0.2) is 18.3 Å². The number of nitrogens with zero attached hydrogens (tertiary/aromatic N) is 2. The van der Waals surface area contributed by atoms with Crippen molar-refractivity contribution in [3.63, 3.8) is 0 Å². The first-order valence-electron chi connectivity index (χ1n) is 6.20. The lowest BCUT2D eigenvalue weighted by atomic mass is 10.0. The molecule has 1 saturated heterocycles. The highest BCUT2D eigenvalue weighted by Crippen LogP contribution is 2.17. The highest BCUT2D eigenvalue weighted by atomic mass is 15.1. The van der Waals surface area contributed by atoms with Crippen LogP contribution in [0.3, 0.4) is 0 Å². The molecule has 1 N–H and O–H groups in total. The van der Waals surface area contributed by atoms with E-state index < -0.39 is 0 Å². The zero-order chi connectivity index (χ0) is 11.4. The average Bonchev–Trinajstić information content (AvgIpc) is 2.33. The second-order valence-corrected chi connectivity index (χ2v) is 4.52. The minimum Gasteiger partial charge on any atom is -0.367 e. The smallest absolute Gasteiger partial charge is 0.129 e. The van der Waals surface area contributed by atoms with Gasteiger partial charge >= 0.3 is 0 Å². The highest BCUT2D eigenvalue weighted by Gasteiger charge is 2.18. The van der Waals surface area contributed by atoms with E-state index >= 15 is 0 Å². The van der Waals surface area contributed by atoms with Crippen molar-refractivity contribution in [2.45, 2.75) is 32.7 Å². The van der Waals surface area contributed by atoms with Gasteiger partial charge in [-0.2, -0.15) is 0 Å². The Bertz CT molecular complexity index is 330. The van der Waals surface area contributed by atoms with Gasteiger partial charge in [0.1, 0.15) is 5.82 Å². The van der Waals surface area contributed by atoms with Crippen LogP contribution in [0, 0.1) is 6.92 Å². The number of pyridine rings is 1. The van der Waals surface area contributed by atoms with Crippen molar-refractivity contribution in [3.8, 4) is 0 Å². The summed E-state index contributed by atoms with van der Waals surface area (Å²) in [5.74, 6) is 1.05. The number of nitrogens with one attached hydrogen (secondary N) is 1. The molecular formula is C13H21N3. The number of aryl methyl sites for hydroxylation is 1. The van der Waals surface area contributed by atoms with Crippen LogP contribution >= 0.6 is 0 Å². The van der Waals surface area contributed by atoms with E-state index in [0.29, 0.717) is 6.04 Å². The fourth-order valence-corrected chi connectivity index (χ4v) is 2.22. The topological polar surface area (TPSA) is 28.2 Å². The van der Waals surface area contributed by atoms with Gasteiger partial charge in [-0.25, -0.2) is 4.98 Å². The van der Waals surface area contributed by atoms with Crippen molar-refractivity contribution in [1.29, 1.82) is 0 Å². The van der Waals surface area contributed by atoms with E-state index in [1.54, 1.807) is 0 Å². The van der Waals surface area contributed by atoms with Gasteiger partial charge in [-0.05, 0) is 37.9 Å². The maximum absolute atomic E-state index is 4.39. The number of hydrogen-bond donors (Lipinski definition) is 1. The summed E-state index contributed by atoms with van der Waals surface area (Å²) in [7, 11) is 0. The molecule has 2 rings (SSSR count). The molecule has 0 bridgehead atoms. The molecule has 0 atom stereocenters. The van der Waals surface area contributed by atoms with Gasteiger partial charge < -0.3 is 10.2 Å². The molecule has 0 spiro atoms. The Kier molecular flexibility index (Phi) is 3.78. The van der Waals surface area contributed by atoms with Gasteiger partial charge in [-0.3, -0.25) is 0 Å². The molecule has 0 saturated carbocycles. The van der Waals surface area contributed by atoms with Gasteiger partial charge in [-0.1, -0.05) is 13.0 Å². The Morgan fingerprint density at radius 2 is 2.19 bits per heavy atom. The molecule has 0 aromatic carbocycles. The maximum atomic E-state index is 4.39. The molecule has 0 aliphatic carbocycles. The summed E-state index contributed by atoms with van der Waals surface area (Å²) in [6.07, 6.45) is 4.31. The lowest BCUT2D eigenvalue weighted by Crippen LogP contribution is -2.39. The molecule has 2 heterocycles. The van der Waals surface area contributed by atoms with Crippen LogP contribution in [0.1, 0.15) is 25.3 Å². The lowest BCUT2D eigenvalue weighted by Gasteiger charge is -2.31. The van der Waals surface area contributed by atoms with E-state index in [0.717, 1.165) is 5.82 Å². The Morgan fingerprint density at radius 3 is 2.81 bits per heavy atom. The van der Waals surface area contributed by atoms with Crippen LogP contribution in [0.25, 0.3) is 0 Å². The first-order chi connectivity index (χ1) is 7.79. The Balaban J connectivity index is 1.89. The predicted octanol–water partition coefficient (Wildman–Crippen LogP) is 2.29. The largest absolute Gasteiger partial charge is 0.367 e. The zero-order valence-corrected chi connectivity index (χ0v) is 10.2. The molecule has 88 valence electrons. The summed E-state index contributed by atoms with van der Waals surface area (Å²) >= 11 is 0. The molecule has 0 radical (unpaired) electrons. The van der Waals surface area contributed by atoms with Crippen molar-refractivity contribution in [2.24, 2.45) is 0 Å². The molecule has 16 heavy (non-hydrogen) atoms. The van der Waals surface area contributed by atoms with Gasteiger partial charge in [0.2, 0.25) is 0 Å². The SMILES string of the molecule is CCN1CCC(Nc2ncccc2C)CC1. The van der Waals surface area contributed by atoms with Crippen LogP contribution in [0.2, 0.25) is 0 Å². The van der Waals surface area contributed by atoms with Crippen molar-refractivity contribution in [1.82, 2.24) is 9.88 Å². The summed E-state index contributed by atoms with van der Waals surface area (Å²) in [4.78, 5) is 6.89. The number of rotatable bonds is 3. The first kappa shape index (κ1) is 11.4. The number of likely N-dealkylation sites (tertiary alicyclic amines) is 1. The molecule has 1 aromatic rings. The van der Waals surface area contributed by atoms with Gasteiger partial charge in [0, 0.05) is 25.3 Å². The van der Waals surface area contributed by atoms with Gasteiger partial charge in [0.15, 0.2) is 0 Å².